The first-order chi connectivity index (χ1) is 9.62. The zero-order valence-corrected chi connectivity index (χ0v) is 12.0. The predicted octanol–water partition coefficient (Wildman–Crippen LogP) is 5.09. The van der Waals surface area contributed by atoms with Gasteiger partial charge in [-0.25, -0.2) is 4.39 Å². The Morgan fingerprint density at radius 2 is 1.90 bits per heavy atom. The molecule has 2 aromatic carbocycles. The fraction of sp³-hybridized carbons (Fsp3) is 0.235. The maximum absolute atomic E-state index is 13.5. The van der Waals surface area contributed by atoms with Gasteiger partial charge in [-0.1, -0.05) is 30.7 Å². The number of nitriles is 1. The van der Waals surface area contributed by atoms with Gasteiger partial charge in [-0.15, -0.1) is 0 Å². The van der Waals surface area contributed by atoms with E-state index in [9.17, 15) is 4.39 Å². The smallest absolute Gasteiger partial charge is 0.124 e. The number of halogens is 2. The molecule has 0 saturated heterocycles. The molecule has 2 aromatic rings. The molecule has 0 bridgehead atoms. The molecular weight excluding hydrogens is 273 g/mol. The van der Waals surface area contributed by atoms with Gasteiger partial charge in [0.1, 0.15) is 5.82 Å². The Balaban J connectivity index is 2.26. The van der Waals surface area contributed by atoms with Crippen LogP contribution in [0.3, 0.4) is 0 Å². The first kappa shape index (κ1) is 14.6. The molecule has 1 atom stereocenters. The molecule has 0 aliphatic carbocycles. The van der Waals surface area contributed by atoms with Crippen LogP contribution < -0.4 is 0 Å². The van der Waals surface area contributed by atoms with Crippen LogP contribution in [0, 0.1) is 17.1 Å². The van der Waals surface area contributed by atoms with Crippen LogP contribution >= 0.6 is 11.6 Å². The highest BCUT2D eigenvalue weighted by molar-refractivity contribution is 6.30. The molecule has 0 aliphatic rings. The molecule has 20 heavy (non-hydrogen) atoms. The largest absolute Gasteiger partial charge is 0.207 e. The standard InChI is InChI=1S/C17H15ClFN/c1-2-14(7-12-3-5-16(18)6-4-12)15-8-13(11-20)9-17(19)10-15/h3-6,8-10,14H,2,7H2,1H3. The number of hydrogen-bond donors (Lipinski definition) is 0. The summed E-state index contributed by atoms with van der Waals surface area (Å²) in [6.45, 7) is 2.07. The van der Waals surface area contributed by atoms with Crippen LogP contribution in [0.1, 0.15) is 36.0 Å². The van der Waals surface area contributed by atoms with Crippen molar-refractivity contribution in [3.63, 3.8) is 0 Å². The van der Waals surface area contributed by atoms with Gasteiger partial charge >= 0.3 is 0 Å². The van der Waals surface area contributed by atoms with Crippen molar-refractivity contribution in [3.8, 4) is 6.07 Å². The van der Waals surface area contributed by atoms with E-state index in [4.69, 9.17) is 16.9 Å². The van der Waals surface area contributed by atoms with Gasteiger partial charge in [0.05, 0.1) is 11.6 Å². The lowest BCUT2D eigenvalue weighted by Gasteiger charge is -2.16. The normalized spacial score (nSPS) is 11.9. The summed E-state index contributed by atoms with van der Waals surface area (Å²) in [5.74, 6) is -0.160. The zero-order chi connectivity index (χ0) is 14.5. The molecule has 2 rings (SSSR count). The van der Waals surface area contributed by atoms with Crippen molar-refractivity contribution in [3.05, 3.63) is 70.0 Å². The minimum Gasteiger partial charge on any atom is -0.207 e. The average Bonchev–Trinajstić information content (AvgIpc) is 2.46. The Morgan fingerprint density at radius 1 is 1.20 bits per heavy atom. The Hall–Kier alpha value is -1.85. The van der Waals surface area contributed by atoms with E-state index >= 15 is 0 Å². The molecule has 0 saturated carbocycles. The van der Waals surface area contributed by atoms with Crippen molar-refractivity contribution in [1.82, 2.24) is 0 Å². The van der Waals surface area contributed by atoms with E-state index < -0.39 is 0 Å². The summed E-state index contributed by atoms with van der Waals surface area (Å²) in [6, 6.07) is 14.2. The van der Waals surface area contributed by atoms with Crippen LogP contribution in [0.4, 0.5) is 4.39 Å². The van der Waals surface area contributed by atoms with Crippen molar-refractivity contribution < 1.29 is 4.39 Å². The molecule has 0 N–H and O–H groups in total. The first-order valence-electron chi connectivity index (χ1n) is 6.57. The van der Waals surface area contributed by atoms with Crippen LogP contribution in [0.2, 0.25) is 5.02 Å². The Kier molecular flexibility index (Phi) is 4.76. The van der Waals surface area contributed by atoms with E-state index in [2.05, 4.69) is 6.92 Å². The van der Waals surface area contributed by atoms with Gasteiger partial charge < -0.3 is 0 Å². The average molecular weight is 288 g/mol. The molecular formula is C17H15ClFN. The molecule has 1 unspecified atom stereocenters. The lowest BCUT2D eigenvalue weighted by molar-refractivity contribution is 0.610. The summed E-state index contributed by atoms with van der Waals surface area (Å²) in [6.07, 6.45) is 1.69. The van der Waals surface area contributed by atoms with Crippen molar-refractivity contribution in [1.29, 1.82) is 5.26 Å². The van der Waals surface area contributed by atoms with E-state index in [0.29, 0.717) is 10.6 Å². The molecule has 102 valence electrons. The van der Waals surface area contributed by atoms with E-state index in [0.717, 1.165) is 24.0 Å². The molecule has 3 heteroatoms. The van der Waals surface area contributed by atoms with Crippen molar-refractivity contribution in [2.45, 2.75) is 25.7 Å². The second-order valence-electron chi connectivity index (χ2n) is 4.82. The summed E-state index contributed by atoms with van der Waals surface area (Å²) in [5.41, 5.74) is 2.40. The highest BCUT2D eigenvalue weighted by Crippen LogP contribution is 2.26. The number of benzene rings is 2. The summed E-state index contributed by atoms with van der Waals surface area (Å²) < 4.78 is 13.5. The van der Waals surface area contributed by atoms with Crippen LogP contribution in [0.15, 0.2) is 42.5 Å². The Bertz CT molecular complexity index is 628. The van der Waals surface area contributed by atoms with Gasteiger partial charge in [0.15, 0.2) is 0 Å². The molecule has 0 fully saturated rings. The minimum atomic E-state index is -0.353. The fourth-order valence-electron chi connectivity index (χ4n) is 2.32. The first-order valence-corrected chi connectivity index (χ1v) is 6.95. The Morgan fingerprint density at radius 3 is 2.50 bits per heavy atom. The molecule has 0 radical (unpaired) electrons. The summed E-state index contributed by atoms with van der Waals surface area (Å²) in [5, 5.41) is 9.64. The SMILES string of the molecule is CCC(Cc1ccc(Cl)cc1)c1cc(F)cc(C#N)c1. The van der Waals surface area contributed by atoms with E-state index in [1.165, 1.54) is 12.1 Å². The van der Waals surface area contributed by atoms with E-state index in [1.54, 1.807) is 6.07 Å². The third-order valence-electron chi connectivity index (χ3n) is 3.41. The monoisotopic (exact) mass is 287 g/mol. The molecule has 0 spiro atoms. The summed E-state index contributed by atoms with van der Waals surface area (Å²) in [4.78, 5) is 0. The van der Waals surface area contributed by atoms with Crippen LogP contribution in [-0.2, 0) is 6.42 Å². The van der Waals surface area contributed by atoms with Gasteiger partial charge in [-0.2, -0.15) is 5.26 Å². The van der Waals surface area contributed by atoms with Crippen molar-refractivity contribution >= 4 is 11.6 Å². The molecule has 0 aliphatic heterocycles. The minimum absolute atomic E-state index is 0.193. The molecule has 0 amide bonds. The third-order valence-corrected chi connectivity index (χ3v) is 3.66. The van der Waals surface area contributed by atoms with E-state index in [-0.39, 0.29) is 11.7 Å². The van der Waals surface area contributed by atoms with Gasteiger partial charge in [0.2, 0.25) is 0 Å². The van der Waals surface area contributed by atoms with Crippen LogP contribution in [0.25, 0.3) is 0 Å². The maximum atomic E-state index is 13.5. The zero-order valence-electron chi connectivity index (χ0n) is 11.2. The Labute approximate surface area is 123 Å². The summed E-state index contributed by atoms with van der Waals surface area (Å²) in [7, 11) is 0. The van der Waals surface area contributed by atoms with E-state index in [1.807, 2.05) is 30.3 Å². The number of rotatable bonds is 4. The quantitative estimate of drug-likeness (QED) is 0.768. The fourth-order valence-corrected chi connectivity index (χ4v) is 2.44. The lowest BCUT2D eigenvalue weighted by Crippen LogP contribution is -2.03. The highest BCUT2D eigenvalue weighted by Gasteiger charge is 2.12. The van der Waals surface area contributed by atoms with Gasteiger partial charge in [0.25, 0.3) is 0 Å². The molecule has 1 nitrogen and oxygen atoms in total. The van der Waals surface area contributed by atoms with Crippen molar-refractivity contribution in [2.75, 3.05) is 0 Å². The lowest BCUT2D eigenvalue weighted by atomic mass is 9.89. The van der Waals surface area contributed by atoms with Crippen molar-refractivity contribution in [2.24, 2.45) is 0 Å². The van der Waals surface area contributed by atoms with Gasteiger partial charge in [-0.3, -0.25) is 0 Å². The van der Waals surface area contributed by atoms with Gasteiger partial charge in [-0.05, 0) is 60.2 Å². The number of hydrogen-bond acceptors (Lipinski definition) is 1. The third kappa shape index (κ3) is 3.59. The second kappa shape index (κ2) is 6.54. The topological polar surface area (TPSA) is 23.8 Å². The second-order valence-corrected chi connectivity index (χ2v) is 5.26. The van der Waals surface area contributed by atoms with Gasteiger partial charge in [0, 0.05) is 5.02 Å². The predicted molar refractivity (Wildman–Crippen MR) is 79.3 cm³/mol. The van der Waals surface area contributed by atoms with Crippen LogP contribution in [0.5, 0.6) is 0 Å². The maximum Gasteiger partial charge on any atom is 0.124 e. The molecule has 0 heterocycles. The van der Waals surface area contributed by atoms with Crippen LogP contribution in [-0.4, -0.2) is 0 Å². The highest BCUT2D eigenvalue weighted by atomic mass is 35.5. The number of nitrogens with zero attached hydrogens (tertiary/aromatic N) is 1. The summed E-state index contributed by atoms with van der Waals surface area (Å²) >= 11 is 5.87. The molecule has 0 aromatic heterocycles.